The van der Waals surface area contributed by atoms with Gasteiger partial charge in [0.15, 0.2) is 5.82 Å². The van der Waals surface area contributed by atoms with E-state index < -0.39 is 0 Å². The van der Waals surface area contributed by atoms with Gasteiger partial charge >= 0.3 is 0 Å². The normalized spacial score (nSPS) is 13.4. The number of aliphatic hydroxyl groups is 1. The van der Waals surface area contributed by atoms with Crippen molar-refractivity contribution in [3.8, 4) is 11.3 Å². The summed E-state index contributed by atoms with van der Waals surface area (Å²) in [6, 6.07) is 5.73. The summed E-state index contributed by atoms with van der Waals surface area (Å²) in [5, 5.41) is 17.4. The zero-order valence-electron chi connectivity index (χ0n) is 16.0. The van der Waals surface area contributed by atoms with E-state index in [0.717, 1.165) is 42.1 Å². The van der Waals surface area contributed by atoms with Crippen molar-refractivity contribution < 1.29 is 9.84 Å². The summed E-state index contributed by atoms with van der Waals surface area (Å²) in [5.41, 5.74) is 8.66. The minimum atomic E-state index is 0.230. The number of nitrogens with two attached hydrogens (primary N) is 1. The Hall–Kier alpha value is -1.96. The van der Waals surface area contributed by atoms with E-state index in [9.17, 15) is 0 Å². The number of hydrogen-bond donors (Lipinski definition) is 2. The number of anilines is 2. The van der Waals surface area contributed by atoms with Gasteiger partial charge in [0.2, 0.25) is 5.95 Å². The van der Waals surface area contributed by atoms with E-state index in [1.807, 2.05) is 18.2 Å². The van der Waals surface area contributed by atoms with Gasteiger partial charge in [-0.2, -0.15) is 4.98 Å². The standard InChI is InChI=1S/C15H18ClN5.C4H10O2/c1-2-10-11(6-5-7-12(10)16)13-14(17)18-15(20-19-13)21-8-3-4-9-21;1-6-4-2-3-5/h5-7H,2-4,8-9H2,1H3,(H2,17,18,20);5H,2-4H2,1H3. The lowest BCUT2D eigenvalue weighted by Crippen LogP contribution is -2.21. The summed E-state index contributed by atoms with van der Waals surface area (Å²) in [7, 11) is 1.62. The Balaban J connectivity index is 0.000000380. The molecule has 1 saturated heterocycles. The lowest BCUT2D eigenvalue weighted by Gasteiger charge is -2.16. The molecule has 1 aromatic carbocycles. The van der Waals surface area contributed by atoms with Crippen LogP contribution in [0.15, 0.2) is 18.2 Å². The first-order valence-electron chi connectivity index (χ1n) is 9.25. The van der Waals surface area contributed by atoms with E-state index in [1.54, 1.807) is 7.11 Å². The van der Waals surface area contributed by atoms with Crippen LogP contribution in [0.3, 0.4) is 0 Å². The maximum atomic E-state index is 8.12. The lowest BCUT2D eigenvalue weighted by molar-refractivity contribution is 0.166. The first-order valence-corrected chi connectivity index (χ1v) is 9.62. The number of nitrogen functional groups attached to an aromatic ring is 1. The third-order valence-electron chi connectivity index (χ3n) is 4.33. The van der Waals surface area contributed by atoms with Gasteiger partial charge in [0.25, 0.3) is 0 Å². The molecule has 0 saturated carbocycles. The Morgan fingerprint density at radius 2 is 2.00 bits per heavy atom. The van der Waals surface area contributed by atoms with E-state index in [1.165, 1.54) is 12.8 Å². The molecule has 0 spiro atoms. The van der Waals surface area contributed by atoms with Gasteiger partial charge in [-0.1, -0.05) is 30.7 Å². The monoisotopic (exact) mass is 393 g/mol. The molecule has 2 aromatic rings. The second-order valence-electron chi connectivity index (χ2n) is 6.23. The van der Waals surface area contributed by atoms with Crippen LogP contribution in [0.2, 0.25) is 5.02 Å². The maximum absolute atomic E-state index is 8.12. The number of rotatable bonds is 6. The van der Waals surface area contributed by atoms with Crippen LogP contribution in [0.5, 0.6) is 0 Å². The molecule has 0 unspecified atom stereocenters. The van der Waals surface area contributed by atoms with Crippen molar-refractivity contribution in [3.63, 3.8) is 0 Å². The highest BCUT2D eigenvalue weighted by Gasteiger charge is 2.19. The number of hydrogen-bond acceptors (Lipinski definition) is 7. The Morgan fingerprint density at radius 3 is 2.56 bits per heavy atom. The van der Waals surface area contributed by atoms with Crippen molar-refractivity contribution >= 4 is 23.4 Å². The van der Waals surface area contributed by atoms with Gasteiger partial charge in [-0.05, 0) is 37.3 Å². The van der Waals surface area contributed by atoms with E-state index in [0.29, 0.717) is 24.1 Å². The highest BCUT2D eigenvalue weighted by atomic mass is 35.5. The van der Waals surface area contributed by atoms with Crippen molar-refractivity contribution in [2.75, 3.05) is 44.0 Å². The Kier molecular flexibility index (Phi) is 8.71. The van der Waals surface area contributed by atoms with Gasteiger partial charge in [-0.3, -0.25) is 0 Å². The van der Waals surface area contributed by atoms with E-state index in [2.05, 4.69) is 31.7 Å². The third kappa shape index (κ3) is 5.76. The highest BCUT2D eigenvalue weighted by Crippen LogP contribution is 2.31. The third-order valence-corrected chi connectivity index (χ3v) is 4.68. The van der Waals surface area contributed by atoms with Gasteiger partial charge in [0.05, 0.1) is 0 Å². The zero-order valence-corrected chi connectivity index (χ0v) is 16.7. The molecular formula is C19H28ClN5O2. The average Bonchev–Trinajstić information content (AvgIpc) is 3.21. The molecular weight excluding hydrogens is 366 g/mol. The summed E-state index contributed by atoms with van der Waals surface area (Å²) < 4.78 is 4.62. The number of ether oxygens (including phenoxy) is 1. The quantitative estimate of drug-likeness (QED) is 0.728. The molecule has 3 N–H and O–H groups in total. The number of aliphatic hydroxyl groups excluding tert-OH is 1. The fourth-order valence-corrected chi connectivity index (χ4v) is 3.23. The molecule has 148 valence electrons. The second-order valence-corrected chi connectivity index (χ2v) is 6.64. The maximum Gasteiger partial charge on any atom is 0.247 e. The molecule has 27 heavy (non-hydrogen) atoms. The summed E-state index contributed by atoms with van der Waals surface area (Å²) in [6.07, 6.45) is 3.89. The molecule has 0 amide bonds. The van der Waals surface area contributed by atoms with Crippen LogP contribution >= 0.6 is 11.6 Å². The summed E-state index contributed by atoms with van der Waals surface area (Å²) >= 11 is 6.25. The Bertz CT molecular complexity index is 719. The molecule has 7 nitrogen and oxygen atoms in total. The first kappa shape index (κ1) is 21.3. The van der Waals surface area contributed by atoms with Crippen LogP contribution in [0.25, 0.3) is 11.3 Å². The second kappa shape index (κ2) is 11.0. The summed E-state index contributed by atoms with van der Waals surface area (Å²) in [6.45, 7) is 4.89. The number of benzene rings is 1. The smallest absolute Gasteiger partial charge is 0.247 e. The van der Waals surface area contributed by atoms with Crippen LogP contribution in [0.1, 0.15) is 31.7 Å². The van der Waals surface area contributed by atoms with E-state index >= 15 is 0 Å². The topological polar surface area (TPSA) is 97.4 Å². The van der Waals surface area contributed by atoms with Crippen LogP contribution in [0, 0.1) is 0 Å². The highest BCUT2D eigenvalue weighted by molar-refractivity contribution is 6.31. The molecule has 0 bridgehead atoms. The van der Waals surface area contributed by atoms with Crippen molar-refractivity contribution in [1.29, 1.82) is 0 Å². The molecule has 0 atom stereocenters. The SMILES string of the molecule is CCc1c(Cl)cccc1-c1nnc(N2CCCC2)nc1N.COCCCO. The van der Waals surface area contributed by atoms with Crippen LogP contribution in [-0.4, -0.2) is 53.7 Å². The zero-order chi connectivity index (χ0) is 19.6. The fourth-order valence-electron chi connectivity index (χ4n) is 2.92. The van der Waals surface area contributed by atoms with E-state index in [4.69, 9.17) is 22.4 Å². The molecule has 1 fully saturated rings. The summed E-state index contributed by atoms with van der Waals surface area (Å²) in [5.74, 6) is 1.03. The van der Waals surface area contributed by atoms with Crippen molar-refractivity contribution in [2.24, 2.45) is 0 Å². The van der Waals surface area contributed by atoms with Crippen LogP contribution in [-0.2, 0) is 11.2 Å². The molecule has 0 aliphatic carbocycles. The Labute approximate surface area is 165 Å². The number of aromatic nitrogens is 3. The minimum absolute atomic E-state index is 0.230. The van der Waals surface area contributed by atoms with Crippen molar-refractivity contribution in [1.82, 2.24) is 15.2 Å². The minimum Gasteiger partial charge on any atom is -0.396 e. The molecule has 3 rings (SSSR count). The van der Waals surface area contributed by atoms with Gasteiger partial charge in [0.1, 0.15) is 5.69 Å². The molecule has 2 heterocycles. The predicted octanol–water partition coefficient (Wildman–Crippen LogP) is 2.95. The van der Waals surface area contributed by atoms with Crippen LogP contribution in [0.4, 0.5) is 11.8 Å². The number of nitrogens with zero attached hydrogens (tertiary/aromatic N) is 4. The van der Waals surface area contributed by atoms with E-state index in [-0.39, 0.29) is 6.61 Å². The molecule has 0 radical (unpaired) electrons. The fraction of sp³-hybridized carbons (Fsp3) is 0.526. The van der Waals surface area contributed by atoms with Gasteiger partial charge in [-0.15, -0.1) is 10.2 Å². The molecule has 1 aromatic heterocycles. The van der Waals surface area contributed by atoms with Gasteiger partial charge < -0.3 is 20.5 Å². The molecule has 1 aliphatic heterocycles. The number of halogens is 1. The predicted molar refractivity (Wildman–Crippen MR) is 109 cm³/mol. The first-order chi connectivity index (χ1) is 13.1. The molecule has 8 heteroatoms. The van der Waals surface area contributed by atoms with Crippen molar-refractivity contribution in [2.45, 2.75) is 32.6 Å². The van der Waals surface area contributed by atoms with Gasteiger partial charge in [0, 0.05) is 44.0 Å². The number of methoxy groups -OCH3 is 1. The van der Waals surface area contributed by atoms with Crippen molar-refractivity contribution in [3.05, 3.63) is 28.8 Å². The molecule has 1 aliphatic rings. The van der Waals surface area contributed by atoms with Crippen LogP contribution < -0.4 is 10.6 Å². The average molecular weight is 394 g/mol. The van der Waals surface area contributed by atoms with Gasteiger partial charge in [-0.25, -0.2) is 0 Å². The summed E-state index contributed by atoms with van der Waals surface area (Å²) in [4.78, 5) is 6.54. The largest absolute Gasteiger partial charge is 0.396 e. The lowest BCUT2D eigenvalue weighted by atomic mass is 10.0. The Morgan fingerprint density at radius 1 is 1.26 bits per heavy atom.